The molecular weight excluding hydrogens is 1620 g/mol. The van der Waals surface area contributed by atoms with Gasteiger partial charge in [0.15, 0.2) is 17.5 Å². The number of ether oxygens (including phenoxy) is 4. The van der Waals surface area contributed by atoms with Gasteiger partial charge in [0.1, 0.15) is 59.5 Å². The number of para-hydroxylation sites is 2. The van der Waals surface area contributed by atoms with Gasteiger partial charge in [0, 0.05) is 174 Å². The molecule has 8 heterocycles. The van der Waals surface area contributed by atoms with Crippen LogP contribution in [-0.2, 0) is 13.7 Å². The summed E-state index contributed by atoms with van der Waals surface area (Å²) in [4.78, 5) is 44.5. The summed E-state index contributed by atoms with van der Waals surface area (Å²) < 4.78 is 61.0. The Kier molecular flexibility index (Phi) is 30.0. The molecule has 5 saturated heterocycles. The van der Waals surface area contributed by atoms with E-state index in [-0.39, 0.29) is 5.54 Å². The third kappa shape index (κ3) is 23.5. The van der Waals surface area contributed by atoms with E-state index in [1.165, 1.54) is 45.0 Å². The molecule has 6 aromatic carbocycles. The van der Waals surface area contributed by atoms with Gasteiger partial charge >= 0.3 is 0 Å². The summed E-state index contributed by atoms with van der Waals surface area (Å²) >= 11 is 19.3. The number of nitrogens with zero attached hydrogens (tertiary/aromatic N) is 13. The van der Waals surface area contributed by atoms with Gasteiger partial charge in [-0.15, -0.1) is 0 Å². The first-order chi connectivity index (χ1) is 56.8. The topological polar surface area (TPSA) is 272 Å². The van der Waals surface area contributed by atoms with Crippen LogP contribution in [0.25, 0.3) is 0 Å². The van der Waals surface area contributed by atoms with E-state index >= 15 is 0 Å². The lowest BCUT2D eigenvalue weighted by atomic mass is 10.00. The SMILES string of the molecule is COc1cc(N2CCC(N3CCN(C(C)(C)C)CC3)CC2)ccc1Nc1ncc(Cl)c(Nc2ccccc2P(C)(C)=O)n1.COc1cc(N2CCC(N3CCN(C)CC3)CC2)ccc1Nc1ncc(Cl)c(Nc2cc(C)c(P(C)(C)=O)cc2OC)n1.COc1cc(N2CCNCC2)ccc1Nc1ncc(Cl)c(Nc2ccccc2P(C)(C)=O)n1. The molecule has 5 fully saturated rings. The number of halogens is 3. The first-order valence-corrected chi connectivity index (χ1v) is 49.4. The summed E-state index contributed by atoms with van der Waals surface area (Å²) in [6.07, 6.45) is 9.30. The zero-order valence-electron chi connectivity index (χ0n) is 71.1. The molecule has 9 aromatic rings. The number of anilines is 15. The molecule has 0 atom stereocenters. The second kappa shape index (κ2) is 39.9. The second-order valence-corrected chi connectivity index (χ2v) is 43.5. The van der Waals surface area contributed by atoms with Crippen LogP contribution in [0.1, 0.15) is 52.0 Å². The number of likely N-dealkylation sites (N-methyl/N-ethyl adjacent to an activating group) is 1. The largest absolute Gasteiger partial charge is 0.495 e. The molecule has 3 aromatic heterocycles. The van der Waals surface area contributed by atoms with Gasteiger partial charge in [-0.05, 0) is 179 Å². The molecule has 5 aliphatic rings. The maximum Gasteiger partial charge on any atom is 0.229 e. The number of nitrogens with one attached hydrogen (secondary N) is 7. The maximum atomic E-state index is 12.8. The highest BCUT2D eigenvalue weighted by Gasteiger charge is 2.33. The van der Waals surface area contributed by atoms with E-state index in [1.54, 1.807) is 80.8 Å². The van der Waals surface area contributed by atoms with E-state index in [4.69, 9.17) is 53.8 Å². The van der Waals surface area contributed by atoms with Crippen molar-refractivity contribution in [2.75, 3.05) is 227 Å². The third-order valence-electron chi connectivity index (χ3n) is 22.3. The zero-order chi connectivity index (χ0) is 84.9. The van der Waals surface area contributed by atoms with Crippen LogP contribution in [0.3, 0.4) is 0 Å². The molecule has 0 unspecified atom stereocenters. The van der Waals surface area contributed by atoms with Gasteiger partial charge in [-0.25, -0.2) is 15.0 Å². The van der Waals surface area contributed by atoms with Crippen molar-refractivity contribution in [1.29, 1.82) is 0 Å². The summed E-state index contributed by atoms with van der Waals surface area (Å²) in [7, 11) is 1.30. The van der Waals surface area contributed by atoms with Crippen molar-refractivity contribution in [3.63, 3.8) is 0 Å². The monoisotopic (exact) mass is 1740 g/mol. The van der Waals surface area contributed by atoms with Crippen LogP contribution in [0.4, 0.5) is 86.5 Å². The lowest BCUT2D eigenvalue weighted by Gasteiger charge is -2.46. The first-order valence-electron chi connectivity index (χ1n) is 40.5. The van der Waals surface area contributed by atoms with E-state index in [1.807, 2.05) is 91.9 Å². The molecule has 27 nitrogen and oxygen atoms in total. The summed E-state index contributed by atoms with van der Waals surface area (Å²) in [5.74, 6) is 5.05. The van der Waals surface area contributed by atoms with E-state index < -0.39 is 21.4 Å². The average molecular weight is 1740 g/mol. The van der Waals surface area contributed by atoms with E-state index in [0.29, 0.717) is 103 Å². The number of hydrogen-bond acceptors (Lipinski definition) is 27. The van der Waals surface area contributed by atoms with E-state index in [2.05, 4.69) is 160 Å². The number of benzene rings is 6. The number of rotatable bonds is 24. The van der Waals surface area contributed by atoms with Crippen molar-refractivity contribution < 1.29 is 32.6 Å². The lowest BCUT2D eigenvalue weighted by Crippen LogP contribution is -2.57. The fraction of sp³-hybridized carbons (Fsp3) is 0.442. The molecule has 0 amide bonds. The highest BCUT2D eigenvalue weighted by molar-refractivity contribution is 7.71. The summed E-state index contributed by atoms with van der Waals surface area (Å²) in [6.45, 7) is 36.5. The van der Waals surface area contributed by atoms with Crippen molar-refractivity contribution in [2.45, 2.75) is 71.0 Å². The van der Waals surface area contributed by atoms with Gasteiger partial charge in [-0.3, -0.25) is 14.7 Å². The summed E-state index contributed by atoms with van der Waals surface area (Å²) in [5.41, 5.74) is 8.90. The predicted molar refractivity (Wildman–Crippen MR) is 495 cm³/mol. The Morgan fingerprint density at radius 1 is 0.403 bits per heavy atom. The van der Waals surface area contributed by atoms with Crippen LogP contribution in [0, 0.1) is 6.92 Å². The number of piperazine rings is 3. The molecule has 0 spiro atoms. The van der Waals surface area contributed by atoms with Crippen molar-refractivity contribution in [1.82, 2.24) is 54.8 Å². The van der Waals surface area contributed by atoms with Gasteiger partial charge in [0.2, 0.25) is 17.8 Å². The molecule has 5 aliphatic heterocycles. The molecule has 14 rings (SSSR count). The summed E-state index contributed by atoms with van der Waals surface area (Å²) in [6, 6.07) is 38.4. The quantitative estimate of drug-likeness (QED) is 0.0277. The Morgan fingerprint density at radius 3 is 1.09 bits per heavy atom. The van der Waals surface area contributed by atoms with Crippen LogP contribution in [-0.4, -0.2) is 247 Å². The molecule has 638 valence electrons. The van der Waals surface area contributed by atoms with Gasteiger partial charge in [-0.1, -0.05) is 59.1 Å². The Balaban J connectivity index is 0.000000166. The highest BCUT2D eigenvalue weighted by Crippen LogP contribution is 2.44. The van der Waals surface area contributed by atoms with Crippen LogP contribution in [0.5, 0.6) is 23.0 Å². The maximum absolute atomic E-state index is 12.8. The Bertz CT molecular complexity index is 5110. The third-order valence-corrected chi connectivity index (χ3v) is 27.9. The second-order valence-electron chi connectivity index (χ2n) is 32.7. The number of methoxy groups -OCH3 is 4. The Labute approximate surface area is 716 Å². The molecule has 0 saturated carbocycles. The van der Waals surface area contributed by atoms with Crippen molar-refractivity contribution in [2.24, 2.45) is 0 Å². The minimum atomic E-state index is -2.51. The number of hydrogen-bond donors (Lipinski definition) is 7. The number of aromatic nitrogens is 6. The number of aryl methyl sites for hydroxylation is 1. The van der Waals surface area contributed by atoms with Gasteiger partial charge in [0.25, 0.3) is 0 Å². The molecule has 33 heteroatoms. The molecule has 0 aliphatic carbocycles. The van der Waals surface area contributed by atoms with Crippen LogP contribution < -0.4 is 86.8 Å². The minimum Gasteiger partial charge on any atom is -0.495 e. The van der Waals surface area contributed by atoms with Gasteiger partial charge < -0.3 is 89.5 Å². The smallest absolute Gasteiger partial charge is 0.229 e. The van der Waals surface area contributed by atoms with E-state index in [9.17, 15) is 13.7 Å². The predicted octanol–water partition coefficient (Wildman–Crippen LogP) is 15.9. The minimum absolute atomic E-state index is 0.247. The fourth-order valence-electron chi connectivity index (χ4n) is 15.7. The zero-order valence-corrected chi connectivity index (χ0v) is 76.1. The van der Waals surface area contributed by atoms with E-state index in [0.717, 1.165) is 147 Å². The van der Waals surface area contributed by atoms with Crippen molar-refractivity contribution in [3.05, 3.63) is 154 Å². The molecule has 0 radical (unpaired) electrons. The van der Waals surface area contributed by atoms with Crippen molar-refractivity contribution >= 4 is 159 Å². The Morgan fingerprint density at radius 2 is 0.739 bits per heavy atom. The molecular formula is C86H116Cl3N20O7P3. The lowest BCUT2D eigenvalue weighted by molar-refractivity contribution is 0.0364. The number of piperidine rings is 2. The normalized spacial score (nSPS) is 16.5. The summed E-state index contributed by atoms with van der Waals surface area (Å²) in [5, 5.41) is 26.2. The van der Waals surface area contributed by atoms with Crippen LogP contribution in [0.2, 0.25) is 15.1 Å². The average Bonchev–Trinajstić information content (AvgIpc) is 0.799. The molecule has 0 bridgehead atoms. The molecule has 7 N–H and O–H groups in total. The van der Waals surface area contributed by atoms with Crippen LogP contribution in [0.15, 0.2) is 134 Å². The standard InChI is InChI=1S/C32H45ClN7O2P.C31H43ClN7O3P.C23H28ClN6O2P/c1-32(2,3)40-19-17-39(18-20-40)23-13-15-38(16-14-23)24-11-12-26(28(21-24)42-4)36-31-34-22-25(33)30(37-31)35-27-9-7-8-10-29(27)43(5,6)41;1-21-17-26(28(42-4)19-29(21)43(5,6)40)34-30-24(32)20-33-31(36-30)35-25-8-7-23(18-27(25)41-3)38-11-9-22(10-12-38)39-15-13-37(2)14-16-39;1-32-20-14-16(30-12-10-25-11-13-30)8-9-18(20)28-23-26-15-17(24)22(29-23)27-19-6-4-5-7-21(19)33(2,3)31/h7-12,21-23H,13-20H2,1-6H3,(H2,34,35,36,37);7-8,17-20,22H,9-16H2,1-6H3,(H2,33,34,35,36);4-9,14-15,25H,10-13H2,1-3H3,(H2,26,27,28,29). The Hall–Kier alpha value is -8.68. The fourth-order valence-corrected chi connectivity index (χ4v) is 19.8. The van der Waals surface area contributed by atoms with Gasteiger partial charge in [-0.2, -0.15) is 15.0 Å². The van der Waals surface area contributed by atoms with Crippen molar-refractivity contribution in [3.8, 4) is 23.0 Å². The first kappa shape index (κ1) is 89.6. The van der Waals surface area contributed by atoms with Gasteiger partial charge in [0.05, 0.1) is 81.2 Å². The molecule has 119 heavy (non-hydrogen) atoms. The highest BCUT2D eigenvalue weighted by atomic mass is 35.5. The van der Waals surface area contributed by atoms with Crippen LogP contribution >= 0.6 is 56.2 Å².